The summed E-state index contributed by atoms with van der Waals surface area (Å²) in [7, 11) is 0. The van der Waals surface area contributed by atoms with Crippen molar-refractivity contribution in [1.29, 1.82) is 0 Å². The molecule has 3 N–H and O–H groups in total. The van der Waals surface area contributed by atoms with E-state index in [2.05, 4.69) is 24.5 Å². The van der Waals surface area contributed by atoms with Gasteiger partial charge >= 0.3 is 6.09 Å². The first-order chi connectivity index (χ1) is 17.5. The summed E-state index contributed by atoms with van der Waals surface area (Å²) in [6.45, 7) is 11.8. The predicted molar refractivity (Wildman–Crippen MR) is 147 cm³/mol. The lowest BCUT2D eigenvalue weighted by molar-refractivity contribution is -0.140. The number of nitrogens with zero attached hydrogens (tertiary/aromatic N) is 1. The van der Waals surface area contributed by atoms with Crippen molar-refractivity contribution in [2.45, 2.75) is 111 Å². The Labute approximate surface area is 223 Å². The zero-order valence-corrected chi connectivity index (χ0v) is 23.8. The van der Waals surface area contributed by atoms with Crippen molar-refractivity contribution in [2.24, 2.45) is 0 Å². The summed E-state index contributed by atoms with van der Waals surface area (Å²) in [5, 5.41) is 16.3. The molecule has 0 aliphatic carbocycles. The molecular formula is C29H49N3O5. The topological polar surface area (TPSA) is 108 Å². The van der Waals surface area contributed by atoms with Crippen molar-refractivity contribution in [1.82, 2.24) is 15.5 Å². The summed E-state index contributed by atoms with van der Waals surface area (Å²) in [6, 6.07) is 4.21. The van der Waals surface area contributed by atoms with Crippen LogP contribution < -0.4 is 10.6 Å². The second-order valence-corrected chi connectivity index (χ2v) is 10.6. The highest BCUT2D eigenvalue weighted by Crippen LogP contribution is 2.32. The number of para-hydroxylation sites is 1. The number of rotatable bonds is 16. The summed E-state index contributed by atoms with van der Waals surface area (Å²) >= 11 is 0. The zero-order valence-electron chi connectivity index (χ0n) is 23.8. The Morgan fingerprint density at radius 1 is 0.946 bits per heavy atom. The smallest absolute Gasteiger partial charge is 0.408 e. The number of carbonyl (C=O) groups is 3. The van der Waals surface area contributed by atoms with E-state index in [9.17, 15) is 19.5 Å². The van der Waals surface area contributed by atoms with Gasteiger partial charge in [-0.05, 0) is 46.1 Å². The minimum Gasteiger partial charge on any atom is -0.507 e. The number of aromatic hydroxyl groups is 1. The summed E-state index contributed by atoms with van der Waals surface area (Å²) < 4.78 is 5.27. The monoisotopic (exact) mass is 519 g/mol. The van der Waals surface area contributed by atoms with E-state index in [1.165, 1.54) is 11.3 Å². The Kier molecular flexibility index (Phi) is 14.7. The van der Waals surface area contributed by atoms with Crippen LogP contribution in [0.15, 0.2) is 18.2 Å². The molecule has 37 heavy (non-hydrogen) atoms. The molecule has 0 radical (unpaired) electrons. The van der Waals surface area contributed by atoms with Crippen molar-refractivity contribution in [3.63, 3.8) is 0 Å². The maximum Gasteiger partial charge on any atom is 0.408 e. The third-order valence-electron chi connectivity index (χ3n) is 6.06. The van der Waals surface area contributed by atoms with Crippen LogP contribution in [-0.2, 0) is 14.3 Å². The van der Waals surface area contributed by atoms with Crippen molar-refractivity contribution >= 4 is 17.9 Å². The maximum atomic E-state index is 13.5. The van der Waals surface area contributed by atoms with Crippen LogP contribution >= 0.6 is 0 Å². The molecule has 1 atom stereocenters. The molecule has 8 heteroatoms. The van der Waals surface area contributed by atoms with Gasteiger partial charge in [0.25, 0.3) is 0 Å². The molecule has 1 aromatic carbocycles. The highest BCUT2D eigenvalue weighted by molar-refractivity contribution is 5.91. The number of hydrogen-bond acceptors (Lipinski definition) is 5. The first kappa shape index (κ1) is 32.3. The average Bonchev–Trinajstić information content (AvgIpc) is 2.83. The predicted octanol–water partition coefficient (Wildman–Crippen LogP) is 5.76. The second-order valence-electron chi connectivity index (χ2n) is 10.6. The quantitative estimate of drug-likeness (QED) is 0.241. The third kappa shape index (κ3) is 12.3. The van der Waals surface area contributed by atoms with Crippen molar-refractivity contribution in [3.8, 4) is 5.75 Å². The van der Waals surface area contributed by atoms with Gasteiger partial charge in [0.1, 0.15) is 23.9 Å². The van der Waals surface area contributed by atoms with E-state index < -0.39 is 23.6 Å². The molecule has 210 valence electrons. The molecule has 1 aromatic rings. The van der Waals surface area contributed by atoms with E-state index in [0.29, 0.717) is 30.6 Å². The zero-order chi connectivity index (χ0) is 27.8. The number of aryl methyl sites for hydroxylation is 1. The van der Waals surface area contributed by atoms with Crippen LogP contribution in [0, 0.1) is 6.92 Å². The SMILES string of the molecule is CCCCCCCCN(C(=O)CNC(=O)OC(C)(C)C)C(C(=O)NCCCCC)c1cccc(C)c1O. The van der Waals surface area contributed by atoms with E-state index in [0.717, 1.165) is 44.9 Å². The number of nitrogens with one attached hydrogen (secondary N) is 2. The normalized spacial score (nSPS) is 12.1. The number of benzene rings is 1. The lowest BCUT2D eigenvalue weighted by Gasteiger charge is -2.32. The molecule has 0 fully saturated rings. The van der Waals surface area contributed by atoms with Crippen molar-refractivity contribution in [2.75, 3.05) is 19.6 Å². The Balaban J connectivity index is 3.19. The molecule has 0 aliphatic rings. The molecule has 0 saturated carbocycles. The highest BCUT2D eigenvalue weighted by atomic mass is 16.6. The fraction of sp³-hybridized carbons (Fsp3) is 0.690. The molecule has 8 nitrogen and oxygen atoms in total. The molecule has 1 rings (SSSR count). The fourth-order valence-corrected chi connectivity index (χ4v) is 4.06. The number of unbranched alkanes of at least 4 members (excludes halogenated alkanes) is 7. The molecule has 0 spiro atoms. The highest BCUT2D eigenvalue weighted by Gasteiger charge is 2.33. The van der Waals surface area contributed by atoms with Crippen LogP contribution in [0.3, 0.4) is 0 Å². The Bertz CT molecular complexity index is 850. The van der Waals surface area contributed by atoms with Gasteiger partial charge in [0.2, 0.25) is 11.8 Å². The maximum absolute atomic E-state index is 13.5. The molecule has 0 aliphatic heterocycles. The average molecular weight is 520 g/mol. The Morgan fingerprint density at radius 3 is 2.22 bits per heavy atom. The summed E-state index contributed by atoms with van der Waals surface area (Å²) in [5.74, 6) is -0.750. The molecule has 0 saturated heterocycles. The van der Waals surface area contributed by atoms with Gasteiger partial charge in [-0.3, -0.25) is 9.59 Å². The standard InChI is InChI=1S/C29H49N3O5/c1-7-9-11-12-13-15-20-32(24(33)21-31-28(36)37-29(4,5)6)25(27(35)30-19-14-10-8-2)23-18-16-17-22(3)26(23)34/h16-18,25,34H,7-15,19-21H2,1-6H3,(H,30,35)(H,31,36). The van der Waals surface area contributed by atoms with Crippen LogP contribution in [-0.4, -0.2) is 53.1 Å². The first-order valence-corrected chi connectivity index (χ1v) is 13.8. The molecule has 0 bridgehead atoms. The van der Waals surface area contributed by atoms with E-state index >= 15 is 0 Å². The van der Waals surface area contributed by atoms with Crippen LogP contribution in [0.1, 0.15) is 110 Å². The van der Waals surface area contributed by atoms with Gasteiger partial charge in [-0.2, -0.15) is 0 Å². The third-order valence-corrected chi connectivity index (χ3v) is 6.06. The number of amides is 3. The van der Waals surface area contributed by atoms with Crippen molar-refractivity contribution < 1.29 is 24.2 Å². The van der Waals surface area contributed by atoms with E-state index in [1.54, 1.807) is 45.9 Å². The fourth-order valence-electron chi connectivity index (χ4n) is 4.06. The molecular weight excluding hydrogens is 470 g/mol. The lowest BCUT2D eigenvalue weighted by Crippen LogP contribution is -2.48. The van der Waals surface area contributed by atoms with Gasteiger partial charge < -0.3 is 25.4 Å². The number of hydrogen-bond donors (Lipinski definition) is 3. The van der Waals surface area contributed by atoms with Gasteiger partial charge in [-0.1, -0.05) is 77.0 Å². The Morgan fingerprint density at radius 2 is 1.57 bits per heavy atom. The number of carbonyl (C=O) groups excluding carboxylic acids is 3. The van der Waals surface area contributed by atoms with Gasteiger partial charge in [-0.25, -0.2) is 4.79 Å². The minimum atomic E-state index is -1.01. The molecule has 1 unspecified atom stereocenters. The largest absolute Gasteiger partial charge is 0.507 e. The van der Waals surface area contributed by atoms with Crippen LogP contribution in [0.25, 0.3) is 0 Å². The van der Waals surface area contributed by atoms with Crippen LogP contribution in [0.4, 0.5) is 4.79 Å². The minimum absolute atomic E-state index is 0.00273. The van der Waals surface area contributed by atoms with E-state index in [1.807, 2.05) is 0 Å². The molecule has 3 amide bonds. The number of ether oxygens (including phenoxy) is 1. The number of phenolic OH excluding ortho intramolecular Hbond substituents is 1. The van der Waals surface area contributed by atoms with Gasteiger partial charge in [0, 0.05) is 18.7 Å². The van der Waals surface area contributed by atoms with Gasteiger partial charge in [0.15, 0.2) is 0 Å². The van der Waals surface area contributed by atoms with Gasteiger partial charge in [-0.15, -0.1) is 0 Å². The van der Waals surface area contributed by atoms with E-state index in [4.69, 9.17) is 4.74 Å². The van der Waals surface area contributed by atoms with Crippen molar-refractivity contribution in [3.05, 3.63) is 29.3 Å². The number of alkyl carbamates (subject to hydrolysis) is 1. The Hall–Kier alpha value is -2.77. The van der Waals surface area contributed by atoms with Gasteiger partial charge in [0.05, 0.1) is 0 Å². The van der Waals surface area contributed by atoms with Crippen LogP contribution in [0.2, 0.25) is 0 Å². The second kappa shape index (κ2) is 16.9. The summed E-state index contributed by atoms with van der Waals surface area (Å²) in [5.41, 5.74) is 0.310. The summed E-state index contributed by atoms with van der Waals surface area (Å²) in [4.78, 5) is 40.6. The summed E-state index contributed by atoms with van der Waals surface area (Å²) in [6.07, 6.45) is 8.29. The molecule has 0 aromatic heterocycles. The van der Waals surface area contributed by atoms with E-state index in [-0.39, 0.29) is 18.2 Å². The first-order valence-electron chi connectivity index (χ1n) is 13.8. The lowest BCUT2D eigenvalue weighted by atomic mass is 9.99. The molecule has 0 heterocycles. The number of phenols is 1. The van der Waals surface area contributed by atoms with Crippen LogP contribution in [0.5, 0.6) is 5.75 Å².